The van der Waals surface area contributed by atoms with Gasteiger partial charge in [-0.05, 0) is 60.5 Å². The normalized spacial score (nSPS) is 10.7. The molecule has 2 nitrogen and oxygen atoms in total. The number of nitrogens with one attached hydrogen (secondary N) is 1. The van der Waals surface area contributed by atoms with E-state index in [1.807, 2.05) is 0 Å². The first kappa shape index (κ1) is 14.2. The summed E-state index contributed by atoms with van der Waals surface area (Å²) in [5, 5.41) is 0. The van der Waals surface area contributed by atoms with E-state index in [1.165, 1.54) is 24.3 Å². The Morgan fingerprint density at radius 3 is 1.86 bits per heavy atom. The molecule has 4 heteroatoms. The summed E-state index contributed by atoms with van der Waals surface area (Å²) in [5.74, 6) is -0.672. The molecular weight excluding hydrogens is 284 g/mol. The number of benzene rings is 2. The minimum Gasteiger partial charge on any atom is -0.321 e. The largest absolute Gasteiger partial charge is 0.321 e. The number of aromatic amines is 1. The van der Waals surface area contributed by atoms with Crippen LogP contribution in [0.1, 0.15) is 5.56 Å². The second kappa shape index (κ2) is 5.56. The zero-order valence-electron chi connectivity index (χ0n) is 11.9. The first-order valence-corrected chi connectivity index (χ1v) is 6.80. The zero-order chi connectivity index (χ0) is 15.7. The molecule has 3 aromatic rings. The molecule has 3 rings (SSSR count). The van der Waals surface area contributed by atoms with Crippen LogP contribution in [0, 0.1) is 18.6 Å². The van der Waals surface area contributed by atoms with E-state index in [9.17, 15) is 13.6 Å². The maximum Gasteiger partial charge on any atom is 0.251 e. The minimum absolute atomic E-state index is 0.204. The molecule has 1 N–H and O–H groups in total. The van der Waals surface area contributed by atoms with E-state index in [4.69, 9.17) is 0 Å². The summed E-state index contributed by atoms with van der Waals surface area (Å²) in [4.78, 5) is 14.7. The predicted molar refractivity (Wildman–Crippen MR) is 82.6 cm³/mol. The summed E-state index contributed by atoms with van der Waals surface area (Å²) < 4.78 is 26.2. The van der Waals surface area contributed by atoms with Gasteiger partial charge in [0.15, 0.2) is 0 Å². The lowest BCUT2D eigenvalue weighted by molar-refractivity contribution is 0.627. The Hall–Kier alpha value is -2.75. The van der Waals surface area contributed by atoms with Gasteiger partial charge in [0, 0.05) is 11.1 Å². The number of rotatable bonds is 2. The molecular formula is C18H13F2NO. The first-order valence-electron chi connectivity index (χ1n) is 6.80. The van der Waals surface area contributed by atoms with E-state index in [2.05, 4.69) is 4.98 Å². The van der Waals surface area contributed by atoms with Crippen LogP contribution >= 0.6 is 0 Å². The Bertz CT molecular complexity index is 865. The topological polar surface area (TPSA) is 32.9 Å². The van der Waals surface area contributed by atoms with Gasteiger partial charge < -0.3 is 4.98 Å². The molecule has 2 aromatic carbocycles. The lowest BCUT2D eigenvalue weighted by Gasteiger charge is -2.11. The molecule has 0 radical (unpaired) electrons. The van der Waals surface area contributed by atoms with Crippen molar-refractivity contribution < 1.29 is 8.78 Å². The maximum absolute atomic E-state index is 13.1. The van der Waals surface area contributed by atoms with E-state index >= 15 is 0 Å². The SMILES string of the molecule is Cc1cc(-c2ccc(F)cc2)c(-c2ccc(F)cc2)[nH]c1=O. The molecule has 1 heterocycles. The molecule has 110 valence electrons. The first-order chi connectivity index (χ1) is 10.5. The van der Waals surface area contributed by atoms with E-state index in [0.717, 1.165) is 11.1 Å². The van der Waals surface area contributed by atoms with Gasteiger partial charge >= 0.3 is 0 Å². The van der Waals surface area contributed by atoms with Gasteiger partial charge in [0.25, 0.3) is 5.56 Å². The molecule has 0 bridgehead atoms. The number of hydrogen-bond acceptors (Lipinski definition) is 1. The van der Waals surface area contributed by atoms with Crippen LogP contribution in [0.4, 0.5) is 8.78 Å². The molecule has 0 unspecified atom stereocenters. The van der Waals surface area contributed by atoms with Gasteiger partial charge in [0.05, 0.1) is 5.69 Å². The van der Waals surface area contributed by atoms with E-state index < -0.39 is 0 Å². The van der Waals surface area contributed by atoms with Crippen molar-refractivity contribution in [3.8, 4) is 22.4 Å². The standard InChI is InChI=1S/C18H13F2NO/c1-11-10-16(12-2-6-14(19)7-3-12)17(21-18(11)22)13-4-8-15(20)9-5-13/h2-10H,1H3,(H,21,22). The Balaban J connectivity index is 2.24. The monoisotopic (exact) mass is 297 g/mol. The van der Waals surface area contributed by atoms with Crippen molar-refractivity contribution in [2.45, 2.75) is 6.92 Å². The zero-order valence-corrected chi connectivity index (χ0v) is 11.9. The fourth-order valence-electron chi connectivity index (χ4n) is 2.34. The summed E-state index contributed by atoms with van der Waals surface area (Å²) in [6, 6.07) is 13.7. The summed E-state index contributed by atoms with van der Waals surface area (Å²) >= 11 is 0. The number of aromatic nitrogens is 1. The van der Waals surface area contributed by atoms with Crippen LogP contribution in [-0.4, -0.2) is 4.98 Å². The molecule has 0 aliphatic rings. The van der Waals surface area contributed by atoms with Crippen LogP contribution in [0.15, 0.2) is 59.4 Å². The van der Waals surface area contributed by atoms with Crippen LogP contribution in [0.5, 0.6) is 0 Å². The summed E-state index contributed by atoms with van der Waals surface area (Å²) in [6.45, 7) is 1.71. The van der Waals surface area contributed by atoms with Crippen molar-refractivity contribution >= 4 is 0 Å². The molecule has 0 saturated heterocycles. The van der Waals surface area contributed by atoms with Crippen molar-refractivity contribution in [1.29, 1.82) is 0 Å². The van der Waals surface area contributed by atoms with Gasteiger partial charge in [-0.3, -0.25) is 4.79 Å². The van der Waals surface area contributed by atoms with Gasteiger partial charge in [0.2, 0.25) is 0 Å². The van der Waals surface area contributed by atoms with Crippen molar-refractivity contribution in [2.24, 2.45) is 0 Å². The third-order valence-electron chi connectivity index (χ3n) is 3.51. The highest BCUT2D eigenvalue weighted by molar-refractivity contribution is 5.80. The number of halogens is 2. The van der Waals surface area contributed by atoms with Gasteiger partial charge in [-0.1, -0.05) is 12.1 Å². The molecule has 0 amide bonds. The third-order valence-corrected chi connectivity index (χ3v) is 3.51. The number of hydrogen-bond donors (Lipinski definition) is 1. The molecule has 0 aliphatic heterocycles. The molecule has 22 heavy (non-hydrogen) atoms. The second-order valence-corrected chi connectivity index (χ2v) is 5.08. The van der Waals surface area contributed by atoms with Crippen LogP contribution in [0.2, 0.25) is 0 Å². The minimum atomic E-state index is -0.346. The Morgan fingerprint density at radius 1 is 0.818 bits per heavy atom. The van der Waals surface area contributed by atoms with E-state index in [0.29, 0.717) is 16.8 Å². The fraction of sp³-hybridized carbons (Fsp3) is 0.0556. The quantitative estimate of drug-likeness (QED) is 0.751. The maximum atomic E-state index is 13.1. The van der Waals surface area contributed by atoms with Crippen LogP contribution in [0.3, 0.4) is 0 Å². The van der Waals surface area contributed by atoms with Crippen LogP contribution in [-0.2, 0) is 0 Å². The smallest absolute Gasteiger partial charge is 0.251 e. The van der Waals surface area contributed by atoms with Crippen molar-refractivity contribution in [1.82, 2.24) is 4.98 Å². The Labute approximate surface area is 126 Å². The molecule has 1 aromatic heterocycles. The Kier molecular flexibility index (Phi) is 3.59. The fourth-order valence-corrected chi connectivity index (χ4v) is 2.34. The summed E-state index contributed by atoms with van der Waals surface area (Å²) in [7, 11) is 0. The highest BCUT2D eigenvalue weighted by Gasteiger charge is 2.11. The molecule has 0 aliphatic carbocycles. The highest BCUT2D eigenvalue weighted by Crippen LogP contribution is 2.30. The summed E-state index contributed by atoms with van der Waals surface area (Å²) in [6.07, 6.45) is 0. The van der Waals surface area contributed by atoms with Gasteiger partial charge in [-0.25, -0.2) is 8.78 Å². The Morgan fingerprint density at radius 2 is 1.32 bits per heavy atom. The second-order valence-electron chi connectivity index (χ2n) is 5.08. The lowest BCUT2D eigenvalue weighted by atomic mass is 9.98. The van der Waals surface area contributed by atoms with Crippen molar-refractivity contribution in [3.63, 3.8) is 0 Å². The van der Waals surface area contributed by atoms with E-state index in [-0.39, 0.29) is 17.2 Å². The molecule has 0 saturated carbocycles. The number of aryl methyl sites for hydroxylation is 1. The number of pyridine rings is 1. The van der Waals surface area contributed by atoms with Crippen LogP contribution < -0.4 is 5.56 Å². The predicted octanol–water partition coefficient (Wildman–Crippen LogP) is 4.30. The lowest BCUT2D eigenvalue weighted by Crippen LogP contribution is -2.11. The third kappa shape index (κ3) is 2.68. The average Bonchev–Trinajstić information content (AvgIpc) is 2.51. The highest BCUT2D eigenvalue weighted by atomic mass is 19.1. The van der Waals surface area contributed by atoms with Crippen molar-refractivity contribution in [3.05, 3.63) is 82.1 Å². The van der Waals surface area contributed by atoms with Crippen LogP contribution in [0.25, 0.3) is 22.4 Å². The number of H-pyrrole nitrogens is 1. The molecule has 0 spiro atoms. The average molecular weight is 297 g/mol. The van der Waals surface area contributed by atoms with Gasteiger partial charge in [-0.15, -0.1) is 0 Å². The van der Waals surface area contributed by atoms with Crippen molar-refractivity contribution in [2.75, 3.05) is 0 Å². The van der Waals surface area contributed by atoms with E-state index in [1.54, 1.807) is 37.3 Å². The van der Waals surface area contributed by atoms with Gasteiger partial charge in [-0.2, -0.15) is 0 Å². The molecule has 0 atom stereocenters. The summed E-state index contributed by atoms with van der Waals surface area (Å²) in [5.41, 5.74) is 3.18. The molecule has 0 fully saturated rings. The van der Waals surface area contributed by atoms with Gasteiger partial charge in [0.1, 0.15) is 11.6 Å².